The number of ether oxygens (including phenoxy) is 2. The maximum absolute atomic E-state index is 14.1. The Morgan fingerprint density at radius 2 is 1.91 bits per heavy atom. The number of nitrogens with two attached hydrogens (primary N) is 1. The molecule has 0 amide bonds. The number of hydrogen-bond donors (Lipinski definition) is 4. The number of halogens is 1. The summed E-state index contributed by atoms with van der Waals surface area (Å²) in [5, 5.41) is 20.6. The Hall–Kier alpha value is -4.51. The Morgan fingerprint density at radius 1 is 1.14 bits per heavy atom. The fraction of sp³-hybridized carbons (Fsp3) is 0.167. The van der Waals surface area contributed by atoms with Gasteiger partial charge in [-0.05, 0) is 24.3 Å². The van der Waals surface area contributed by atoms with Crippen LogP contribution in [0.1, 0.15) is 16.8 Å². The smallest absolute Gasteiger partial charge is 0.141 e. The first-order valence-electron chi connectivity index (χ1n) is 10.7. The highest BCUT2D eigenvalue weighted by atomic mass is 19.1. The van der Waals surface area contributed by atoms with Gasteiger partial charge in [-0.2, -0.15) is 0 Å². The Bertz CT molecular complexity index is 1330. The molecule has 0 saturated heterocycles. The molecule has 4 rings (SSSR count). The van der Waals surface area contributed by atoms with E-state index in [0.29, 0.717) is 28.4 Å². The summed E-state index contributed by atoms with van der Waals surface area (Å²) in [7, 11) is 1.85. The van der Waals surface area contributed by atoms with Crippen molar-refractivity contribution in [2.45, 2.75) is 6.61 Å². The number of imidazole rings is 1. The van der Waals surface area contributed by atoms with Gasteiger partial charge in [-0.25, -0.2) is 19.3 Å². The average molecular weight is 478 g/mol. The van der Waals surface area contributed by atoms with Crippen LogP contribution in [0.15, 0.2) is 61.3 Å². The van der Waals surface area contributed by atoms with Crippen molar-refractivity contribution in [2.75, 3.05) is 24.2 Å². The number of anilines is 2. The van der Waals surface area contributed by atoms with E-state index in [4.69, 9.17) is 25.7 Å². The largest absolute Gasteiger partial charge is 0.487 e. The minimum Gasteiger partial charge on any atom is -0.487 e. The van der Waals surface area contributed by atoms with Crippen molar-refractivity contribution >= 4 is 17.3 Å². The van der Waals surface area contributed by atoms with Crippen molar-refractivity contribution in [1.29, 1.82) is 5.41 Å². The summed E-state index contributed by atoms with van der Waals surface area (Å²) in [6.07, 6.45) is 4.63. The van der Waals surface area contributed by atoms with Crippen molar-refractivity contribution in [2.24, 2.45) is 7.05 Å². The maximum atomic E-state index is 14.1. The van der Waals surface area contributed by atoms with Crippen LogP contribution in [-0.2, 0) is 13.7 Å². The molecule has 2 aromatic carbocycles. The lowest BCUT2D eigenvalue weighted by atomic mass is 10.0. The Kier molecular flexibility index (Phi) is 7.17. The minimum absolute atomic E-state index is 0.0983. The molecule has 2 aromatic heterocycles. The lowest BCUT2D eigenvalue weighted by molar-refractivity contribution is 0.294. The molecule has 5 N–H and O–H groups in total. The molecule has 0 saturated carbocycles. The lowest BCUT2D eigenvalue weighted by Crippen LogP contribution is -2.15. The normalized spacial score (nSPS) is 10.7. The third kappa shape index (κ3) is 5.71. The van der Waals surface area contributed by atoms with Crippen LogP contribution in [0.25, 0.3) is 0 Å². The van der Waals surface area contributed by atoms with Gasteiger partial charge in [-0.1, -0.05) is 0 Å². The third-order valence-electron chi connectivity index (χ3n) is 5.06. The zero-order valence-electron chi connectivity index (χ0n) is 18.9. The topological polar surface area (TPSA) is 144 Å². The fourth-order valence-electron chi connectivity index (χ4n) is 3.28. The van der Waals surface area contributed by atoms with E-state index < -0.39 is 5.82 Å². The van der Waals surface area contributed by atoms with Gasteiger partial charge < -0.3 is 30.2 Å². The number of rotatable bonds is 10. The lowest BCUT2D eigenvalue weighted by Gasteiger charge is -2.13. The number of nitrogens with one attached hydrogen (secondary N) is 2. The van der Waals surface area contributed by atoms with Crippen LogP contribution in [0, 0.1) is 11.2 Å². The average Bonchev–Trinajstić information content (AvgIpc) is 3.26. The van der Waals surface area contributed by atoms with Crippen LogP contribution in [-0.4, -0.2) is 43.5 Å². The number of hydrogen-bond acceptors (Lipinski definition) is 9. The first kappa shape index (κ1) is 23.6. The molecule has 11 heteroatoms. The molecular weight excluding hydrogens is 453 g/mol. The Labute approximate surface area is 200 Å². The number of aliphatic hydroxyl groups is 1. The molecule has 180 valence electrons. The van der Waals surface area contributed by atoms with Gasteiger partial charge in [0.1, 0.15) is 47.6 Å². The second-order valence-electron chi connectivity index (χ2n) is 7.54. The summed E-state index contributed by atoms with van der Waals surface area (Å²) >= 11 is 0. The number of aliphatic hydroxyl groups excluding tert-OH is 1. The van der Waals surface area contributed by atoms with Crippen molar-refractivity contribution < 1.29 is 19.0 Å². The SMILES string of the molecule is Cn1cncc1COc1cc(F)cc(Oc2ccc(C(=N)c3c(N)ncnc3NCCO)cc2)c1. The van der Waals surface area contributed by atoms with Gasteiger partial charge in [0, 0.05) is 37.4 Å². The molecule has 0 radical (unpaired) electrons. The van der Waals surface area contributed by atoms with E-state index in [-0.39, 0.29) is 37.0 Å². The number of benzene rings is 2. The first-order valence-corrected chi connectivity index (χ1v) is 10.7. The molecule has 0 aliphatic heterocycles. The molecule has 0 aliphatic carbocycles. The number of nitrogens with zero attached hydrogens (tertiary/aromatic N) is 4. The van der Waals surface area contributed by atoms with Crippen LogP contribution in [0.4, 0.5) is 16.0 Å². The monoisotopic (exact) mass is 477 g/mol. The standard InChI is InChI=1S/C24H24FN7O3/c1-32-14-28-11-17(32)12-34-19-8-16(25)9-20(10-19)35-18-4-2-15(3-5-18)22(26)21-23(27)30-13-31-24(21)29-6-7-33/h2-5,8-11,13-14,26,33H,6-7,12H2,1H3,(H3,27,29,30,31). The molecule has 0 atom stereocenters. The second-order valence-corrected chi connectivity index (χ2v) is 7.54. The van der Waals surface area contributed by atoms with Gasteiger partial charge in [-0.15, -0.1) is 0 Å². The number of aromatic nitrogens is 4. The van der Waals surface area contributed by atoms with Crippen LogP contribution in [0.2, 0.25) is 0 Å². The number of nitrogen functional groups attached to an aromatic ring is 1. The summed E-state index contributed by atoms with van der Waals surface area (Å²) in [6, 6.07) is 10.8. The van der Waals surface area contributed by atoms with Crippen LogP contribution < -0.4 is 20.5 Å². The molecule has 0 bridgehead atoms. The summed E-state index contributed by atoms with van der Waals surface area (Å²) in [6.45, 7) is 0.390. The van der Waals surface area contributed by atoms with Gasteiger partial charge >= 0.3 is 0 Å². The zero-order chi connectivity index (χ0) is 24.8. The van der Waals surface area contributed by atoms with E-state index in [9.17, 15) is 4.39 Å². The summed E-state index contributed by atoms with van der Waals surface area (Å²) in [5.74, 6) is 1.04. The Balaban J connectivity index is 1.48. The molecule has 0 spiro atoms. The van der Waals surface area contributed by atoms with Gasteiger partial charge in [0.05, 0.1) is 36.1 Å². The molecule has 10 nitrogen and oxygen atoms in total. The van der Waals surface area contributed by atoms with Gasteiger partial charge in [0.15, 0.2) is 0 Å². The minimum atomic E-state index is -0.497. The van der Waals surface area contributed by atoms with Gasteiger partial charge in [-0.3, -0.25) is 5.41 Å². The summed E-state index contributed by atoms with van der Waals surface area (Å²) in [5.41, 5.74) is 7.80. The highest BCUT2D eigenvalue weighted by Gasteiger charge is 2.16. The predicted octanol–water partition coefficient (Wildman–Crippen LogP) is 3.12. The molecule has 2 heterocycles. The van der Waals surface area contributed by atoms with E-state index in [1.807, 2.05) is 11.6 Å². The highest BCUT2D eigenvalue weighted by Crippen LogP contribution is 2.29. The quantitative estimate of drug-likeness (QED) is 0.255. The highest BCUT2D eigenvalue weighted by molar-refractivity contribution is 6.16. The molecule has 0 fully saturated rings. The fourth-order valence-corrected chi connectivity index (χ4v) is 3.28. The number of aryl methyl sites for hydroxylation is 1. The summed E-state index contributed by atoms with van der Waals surface area (Å²) < 4.78 is 27.5. The van der Waals surface area contributed by atoms with E-state index in [1.165, 1.54) is 18.5 Å². The molecule has 4 aromatic rings. The second kappa shape index (κ2) is 10.6. The Morgan fingerprint density at radius 3 is 2.63 bits per heavy atom. The van der Waals surface area contributed by atoms with E-state index in [2.05, 4.69) is 20.3 Å². The molecule has 0 unspecified atom stereocenters. The van der Waals surface area contributed by atoms with Crippen LogP contribution in [0.3, 0.4) is 0 Å². The van der Waals surface area contributed by atoms with Crippen LogP contribution in [0.5, 0.6) is 17.2 Å². The molecular formula is C24H24FN7O3. The molecule has 0 aliphatic rings. The third-order valence-corrected chi connectivity index (χ3v) is 5.06. The van der Waals surface area contributed by atoms with Crippen molar-refractivity contribution in [3.8, 4) is 17.2 Å². The summed E-state index contributed by atoms with van der Waals surface area (Å²) in [4.78, 5) is 12.1. The van der Waals surface area contributed by atoms with Crippen molar-refractivity contribution in [3.63, 3.8) is 0 Å². The predicted molar refractivity (Wildman–Crippen MR) is 128 cm³/mol. The van der Waals surface area contributed by atoms with E-state index in [1.54, 1.807) is 42.9 Å². The molecule has 35 heavy (non-hydrogen) atoms. The van der Waals surface area contributed by atoms with Crippen molar-refractivity contribution in [1.82, 2.24) is 19.5 Å². The van der Waals surface area contributed by atoms with Crippen LogP contribution >= 0.6 is 0 Å². The van der Waals surface area contributed by atoms with Gasteiger partial charge in [0.25, 0.3) is 0 Å². The van der Waals surface area contributed by atoms with Gasteiger partial charge in [0.2, 0.25) is 0 Å². The zero-order valence-corrected chi connectivity index (χ0v) is 18.9. The van der Waals surface area contributed by atoms with E-state index in [0.717, 1.165) is 5.69 Å². The first-order chi connectivity index (χ1) is 16.9. The van der Waals surface area contributed by atoms with E-state index >= 15 is 0 Å². The maximum Gasteiger partial charge on any atom is 0.141 e. The van der Waals surface area contributed by atoms with Crippen molar-refractivity contribution in [3.05, 3.63) is 84.0 Å².